The van der Waals surface area contributed by atoms with Gasteiger partial charge in [0.15, 0.2) is 23.1 Å². The molecular weight excluding hydrogens is 346 g/mol. The van der Waals surface area contributed by atoms with Crippen LogP contribution in [0.2, 0.25) is 0 Å². The van der Waals surface area contributed by atoms with Gasteiger partial charge in [-0.15, -0.1) is 0 Å². The van der Waals surface area contributed by atoms with Crippen LogP contribution in [0.3, 0.4) is 0 Å². The number of benzene rings is 2. The zero-order valence-corrected chi connectivity index (χ0v) is 16.2. The van der Waals surface area contributed by atoms with Gasteiger partial charge in [-0.2, -0.15) is 0 Å². The summed E-state index contributed by atoms with van der Waals surface area (Å²) in [6, 6.07) is 6.97. The van der Waals surface area contributed by atoms with E-state index in [0.717, 1.165) is 49.7 Å². The highest BCUT2D eigenvalue weighted by Crippen LogP contribution is 2.43. The lowest BCUT2D eigenvalue weighted by Gasteiger charge is -2.10. The Bertz CT molecular complexity index is 786. The summed E-state index contributed by atoms with van der Waals surface area (Å²) in [5, 5.41) is 0. The molecule has 146 valence electrons. The minimum Gasteiger partial charge on any atom is -0.491 e. The predicted molar refractivity (Wildman–Crippen MR) is 105 cm³/mol. The zero-order chi connectivity index (χ0) is 19.2. The van der Waals surface area contributed by atoms with Gasteiger partial charge >= 0.3 is 0 Å². The highest BCUT2D eigenvalue weighted by Gasteiger charge is 2.28. The van der Waals surface area contributed by atoms with E-state index < -0.39 is 0 Å². The molecule has 27 heavy (non-hydrogen) atoms. The summed E-state index contributed by atoms with van der Waals surface area (Å²) >= 11 is 0. The Morgan fingerprint density at radius 1 is 0.704 bits per heavy atom. The Labute approximate surface area is 160 Å². The maximum atomic E-state index is 14.9. The second-order valence-corrected chi connectivity index (χ2v) is 7.10. The summed E-state index contributed by atoms with van der Waals surface area (Å²) < 4.78 is 40.9. The van der Waals surface area contributed by atoms with Crippen LogP contribution in [0, 0.1) is 11.6 Å². The van der Waals surface area contributed by atoms with Crippen LogP contribution in [0.15, 0.2) is 24.3 Å². The van der Waals surface area contributed by atoms with E-state index in [2.05, 4.69) is 13.8 Å². The van der Waals surface area contributed by atoms with Gasteiger partial charge in [-0.3, -0.25) is 0 Å². The summed E-state index contributed by atoms with van der Waals surface area (Å²) in [4.78, 5) is 0. The molecule has 0 N–H and O–H groups in total. The smallest absolute Gasteiger partial charge is 0.169 e. The van der Waals surface area contributed by atoms with Gasteiger partial charge in [-0.05, 0) is 36.1 Å². The van der Waals surface area contributed by atoms with Crippen molar-refractivity contribution >= 4 is 0 Å². The monoisotopic (exact) mass is 374 g/mol. The second-order valence-electron chi connectivity index (χ2n) is 7.10. The molecule has 0 amide bonds. The number of hydrogen-bond donors (Lipinski definition) is 0. The topological polar surface area (TPSA) is 18.5 Å². The molecule has 2 aromatic carbocycles. The molecule has 0 spiro atoms. The van der Waals surface area contributed by atoms with Crippen LogP contribution in [0.4, 0.5) is 8.78 Å². The Morgan fingerprint density at radius 3 is 1.74 bits per heavy atom. The van der Waals surface area contributed by atoms with Crippen molar-refractivity contribution < 1.29 is 18.3 Å². The van der Waals surface area contributed by atoms with Crippen molar-refractivity contribution in [2.75, 3.05) is 13.2 Å². The first-order valence-corrected chi connectivity index (χ1v) is 10.1. The maximum Gasteiger partial charge on any atom is 0.169 e. The fourth-order valence-corrected chi connectivity index (χ4v) is 3.49. The van der Waals surface area contributed by atoms with Crippen molar-refractivity contribution in [2.24, 2.45) is 0 Å². The molecule has 1 aliphatic carbocycles. The molecule has 2 aromatic rings. The van der Waals surface area contributed by atoms with E-state index in [1.807, 2.05) is 12.1 Å². The highest BCUT2D eigenvalue weighted by molar-refractivity contribution is 5.78. The molecule has 0 saturated carbocycles. The minimum absolute atomic E-state index is 0.236. The number of ether oxygens (including phenoxy) is 2. The Hall–Kier alpha value is -2.10. The zero-order valence-electron chi connectivity index (χ0n) is 16.2. The van der Waals surface area contributed by atoms with Gasteiger partial charge in [0, 0.05) is 17.5 Å². The quantitative estimate of drug-likeness (QED) is 0.369. The van der Waals surface area contributed by atoms with E-state index >= 15 is 0 Å². The van der Waals surface area contributed by atoms with Gasteiger partial charge in [-0.25, -0.2) is 8.78 Å². The normalized spacial score (nSPS) is 12.0. The van der Waals surface area contributed by atoms with Crippen molar-refractivity contribution in [3.05, 3.63) is 47.0 Å². The summed E-state index contributed by atoms with van der Waals surface area (Å²) in [6.45, 7) is 5.21. The number of rotatable bonds is 10. The largest absolute Gasteiger partial charge is 0.491 e. The van der Waals surface area contributed by atoms with Crippen molar-refractivity contribution in [2.45, 2.75) is 58.8 Å². The third kappa shape index (κ3) is 4.26. The van der Waals surface area contributed by atoms with Crippen molar-refractivity contribution in [1.82, 2.24) is 0 Å². The van der Waals surface area contributed by atoms with Crippen molar-refractivity contribution in [3.63, 3.8) is 0 Å². The average molecular weight is 374 g/mol. The Morgan fingerprint density at radius 2 is 1.22 bits per heavy atom. The van der Waals surface area contributed by atoms with Gasteiger partial charge in [0.1, 0.15) is 0 Å². The highest BCUT2D eigenvalue weighted by atomic mass is 19.1. The average Bonchev–Trinajstić information content (AvgIpc) is 3.06. The molecule has 0 aliphatic heterocycles. The first kappa shape index (κ1) is 19.7. The molecule has 0 aromatic heterocycles. The van der Waals surface area contributed by atoms with Crippen molar-refractivity contribution in [1.29, 1.82) is 0 Å². The standard InChI is InChI=1S/C23H28F2O2/c1-3-5-7-8-14-27-21-12-10-17-16-9-11-20(26-13-6-4-2)22(24)18(16)15-19(17)23(21)25/h9-12H,3-8,13-15H2,1-2H3. The lowest BCUT2D eigenvalue weighted by Crippen LogP contribution is -2.01. The fraction of sp³-hybridized carbons (Fsp3) is 0.478. The molecule has 0 bridgehead atoms. The van der Waals surface area contributed by atoms with Gasteiger partial charge in [0.05, 0.1) is 13.2 Å². The van der Waals surface area contributed by atoms with Gasteiger partial charge < -0.3 is 9.47 Å². The molecule has 0 heterocycles. The van der Waals surface area contributed by atoms with E-state index in [1.54, 1.807) is 12.1 Å². The third-order valence-electron chi connectivity index (χ3n) is 5.07. The van der Waals surface area contributed by atoms with Crippen molar-refractivity contribution in [3.8, 4) is 22.6 Å². The van der Waals surface area contributed by atoms with Crippen LogP contribution in [0.25, 0.3) is 11.1 Å². The molecule has 0 fully saturated rings. The molecule has 1 aliphatic rings. The van der Waals surface area contributed by atoms with E-state index in [0.29, 0.717) is 24.3 Å². The lowest BCUT2D eigenvalue weighted by atomic mass is 10.0. The first-order valence-electron chi connectivity index (χ1n) is 10.1. The van der Waals surface area contributed by atoms with E-state index in [-0.39, 0.29) is 29.6 Å². The van der Waals surface area contributed by atoms with Crippen LogP contribution in [-0.2, 0) is 6.42 Å². The van der Waals surface area contributed by atoms with Gasteiger partial charge in [-0.1, -0.05) is 51.7 Å². The predicted octanol–water partition coefficient (Wildman–Crippen LogP) is 6.67. The fourth-order valence-electron chi connectivity index (χ4n) is 3.49. The summed E-state index contributed by atoms with van der Waals surface area (Å²) in [7, 11) is 0. The summed E-state index contributed by atoms with van der Waals surface area (Å²) in [6.07, 6.45) is 6.42. The Kier molecular flexibility index (Phi) is 6.70. The second kappa shape index (κ2) is 9.20. The molecule has 0 atom stereocenters. The maximum absolute atomic E-state index is 14.9. The van der Waals surface area contributed by atoms with Crippen LogP contribution < -0.4 is 9.47 Å². The molecule has 0 saturated heterocycles. The van der Waals surface area contributed by atoms with Gasteiger partial charge in [0.25, 0.3) is 0 Å². The van der Waals surface area contributed by atoms with E-state index in [4.69, 9.17) is 9.47 Å². The van der Waals surface area contributed by atoms with E-state index in [9.17, 15) is 8.78 Å². The molecule has 4 heteroatoms. The van der Waals surface area contributed by atoms with Gasteiger partial charge in [0.2, 0.25) is 0 Å². The third-order valence-corrected chi connectivity index (χ3v) is 5.07. The molecular formula is C23H28F2O2. The molecule has 0 unspecified atom stereocenters. The number of fused-ring (bicyclic) bond motifs is 3. The first-order chi connectivity index (χ1) is 13.2. The van der Waals surface area contributed by atoms with Crippen LogP contribution in [0.5, 0.6) is 11.5 Å². The summed E-state index contributed by atoms with van der Waals surface area (Å²) in [5.41, 5.74) is 2.53. The molecule has 2 nitrogen and oxygen atoms in total. The number of halogens is 2. The summed E-state index contributed by atoms with van der Waals surface area (Å²) in [5.74, 6) is -0.228. The number of unbranched alkanes of at least 4 members (excludes halogenated alkanes) is 4. The number of hydrogen-bond acceptors (Lipinski definition) is 2. The molecule has 0 radical (unpaired) electrons. The van der Waals surface area contributed by atoms with E-state index in [1.165, 1.54) is 0 Å². The van der Waals surface area contributed by atoms with Crippen LogP contribution in [-0.4, -0.2) is 13.2 Å². The Balaban J connectivity index is 1.75. The molecule has 3 rings (SSSR count). The lowest BCUT2D eigenvalue weighted by molar-refractivity contribution is 0.289. The minimum atomic E-state index is -0.374. The van der Waals surface area contributed by atoms with Crippen LogP contribution in [0.1, 0.15) is 63.5 Å². The SMILES string of the molecule is CCCCCCOc1ccc2c(c1F)Cc1c-2ccc(OCCCC)c1F. The van der Waals surface area contributed by atoms with Crippen LogP contribution >= 0.6 is 0 Å².